The first-order valence-electron chi connectivity index (χ1n) is 4.35. The van der Waals surface area contributed by atoms with Crippen molar-refractivity contribution in [2.24, 2.45) is 0 Å². The zero-order chi connectivity index (χ0) is 10.8. The van der Waals surface area contributed by atoms with Crippen molar-refractivity contribution in [3.63, 3.8) is 0 Å². The van der Waals surface area contributed by atoms with Gasteiger partial charge < -0.3 is 9.47 Å². The van der Waals surface area contributed by atoms with Crippen molar-refractivity contribution in [3.05, 3.63) is 30.7 Å². The van der Waals surface area contributed by atoms with Gasteiger partial charge in [0.05, 0.1) is 14.2 Å². The van der Waals surface area contributed by atoms with Gasteiger partial charge in [-0.2, -0.15) is 0 Å². The molecule has 4 heteroatoms. The van der Waals surface area contributed by atoms with E-state index in [0.29, 0.717) is 0 Å². The minimum atomic E-state index is -0.0945. The fraction of sp³-hybridized carbons (Fsp3) is 0.182. The number of allylic oxidation sites excluding steroid dienone is 1. The van der Waals surface area contributed by atoms with E-state index in [1.54, 1.807) is 14.2 Å². The second-order valence-electron chi connectivity index (χ2n) is 2.94. The number of ether oxygens (including phenoxy) is 2. The highest BCUT2D eigenvalue weighted by molar-refractivity contribution is 14.2. The van der Waals surface area contributed by atoms with Gasteiger partial charge in [0.1, 0.15) is 0 Å². The summed E-state index contributed by atoms with van der Waals surface area (Å²) in [6.45, 7) is 0. The van der Waals surface area contributed by atoms with Gasteiger partial charge in [-0.05, 0) is 22.3 Å². The Hall–Kier alpha value is -0.550. The van der Waals surface area contributed by atoms with Crippen molar-refractivity contribution in [1.29, 1.82) is 0 Å². The number of hydrogen-bond acceptors (Lipinski definition) is 2. The van der Waals surface area contributed by atoms with E-state index in [-0.39, 0.29) is 20.7 Å². The van der Waals surface area contributed by atoms with E-state index in [1.165, 1.54) is 3.15 Å². The Morgan fingerprint density at radius 1 is 1.13 bits per heavy atom. The minimum Gasteiger partial charge on any atom is -0.493 e. The molecule has 0 spiro atoms. The van der Waals surface area contributed by atoms with Gasteiger partial charge in [0, 0.05) is 13.4 Å². The summed E-state index contributed by atoms with van der Waals surface area (Å²) in [4.78, 5) is 0. The molecule has 1 aromatic rings. The number of halogens is 2. The molecule has 1 aliphatic rings. The van der Waals surface area contributed by atoms with Crippen LogP contribution in [0, 0.1) is 3.15 Å². The van der Waals surface area contributed by atoms with E-state index >= 15 is 0 Å². The van der Waals surface area contributed by atoms with Gasteiger partial charge in [0.15, 0.2) is 11.5 Å². The lowest BCUT2D eigenvalue weighted by Crippen LogP contribution is -2.07. The average Bonchev–Trinajstić information content (AvgIpc) is 2.28. The first kappa shape index (κ1) is 11.0. The summed E-state index contributed by atoms with van der Waals surface area (Å²) in [5.41, 5.74) is 0. The summed E-state index contributed by atoms with van der Waals surface area (Å²) in [5.74, 6) is 1.50. The topological polar surface area (TPSA) is 18.5 Å². The Kier molecular flexibility index (Phi) is 3.31. The molecule has 0 aromatic heterocycles. The van der Waals surface area contributed by atoms with E-state index in [4.69, 9.17) is 21.1 Å². The molecular weight excluding hydrogens is 326 g/mol. The molecule has 0 radical (unpaired) electrons. The highest BCUT2D eigenvalue weighted by Crippen LogP contribution is 2.27. The Morgan fingerprint density at radius 2 is 1.80 bits per heavy atom. The molecular formula is C11H10ClIO2. The Balaban J connectivity index is 2.79. The summed E-state index contributed by atoms with van der Waals surface area (Å²) in [6, 6.07) is 3.97. The van der Waals surface area contributed by atoms with Crippen LogP contribution in [-0.2, 0) is 0 Å². The molecule has 0 amide bonds. The fourth-order valence-electron chi connectivity index (χ4n) is 1.37. The number of methoxy groups -OCH3 is 2. The smallest absolute Gasteiger partial charge is 0.161 e. The molecule has 15 heavy (non-hydrogen) atoms. The third-order valence-corrected chi connectivity index (χ3v) is 4.73. The van der Waals surface area contributed by atoms with E-state index in [9.17, 15) is 0 Å². The zero-order valence-corrected chi connectivity index (χ0v) is 11.3. The first-order valence-corrected chi connectivity index (χ1v) is 7.05. The highest BCUT2D eigenvalue weighted by atomic mass is 127. The Morgan fingerprint density at radius 3 is 2.47 bits per heavy atom. The number of fused-ring (bicyclic) bond motifs is 1. The Labute approximate surface area is 103 Å². The Bertz CT molecular complexity index is 534. The number of rotatable bonds is 2. The normalized spacial score (nSPS) is 13.7. The van der Waals surface area contributed by atoms with Gasteiger partial charge in [0.2, 0.25) is 0 Å². The van der Waals surface area contributed by atoms with Gasteiger partial charge in [-0.25, -0.2) is 0 Å². The highest BCUT2D eigenvalue weighted by Gasteiger charge is 2.06. The number of hydrogen-bond donors (Lipinski definition) is 0. The van der Waals surface area contributed by atoms with Crippen LogP contribution in [-0.4, -0.2) is 14.2 Å². The molecule has 1 aromatic carbocycles. The third kappa shape index (κ3) is 2.03. The second-order valence-corrected chi connectivity index (χ2v) is 5.85. The van der Waals surface area contributed by atoms with Crippen LogP contribution in [0.1, 0.15) is 0 Å². The lowest BCUT2D eigenvalue weighted by Gasteiger charge is -2.08. The van der Waals surface area contributed by atoms with Crippen molar-refractivity contribution < 1.29 is 9.47 Å². The summed E-state index contributed by atoms with van der Waals surface area (Å²) in [6.07, 6.45) is 1.96. The molecule has 0 saturated heterocycles. The molecule has 0 bridgehead atoms. The zero-order valence-electron chi connectivity index (χ0n) is 8.38. The molecule has 2 rings (SSSR count). The van der Waals surface area contributed by atoms with Crippen LogP contribution >= 0.6 is 32.3 Å². The van der Waals surface area contributed by atoms with Crippen molar-refractivity contribution in [2.45, 2.75) is 0 Å². The molecule has 0 N–H and O–H groups in total. The van der Waals surface area contributed by atoms with Gasteiger partial charge in [-0.15, -0.1) is 0 Å². The second kappa shape index (κ2) is 4.53. The van der Waals surface area contributed by atoms with Gasteiger partial charge in [0.25, 0.3) is 0 Å². The molecule has 1 heterocycles. The third-order valence-electron chi connectivity index (χ3n) is 2.12. The van der Waals surface area contributed by atoms with Gasteiger partial charge in [-0.1, -0.05) is 32.3 Å². The maximum Gasteiger partial charge on any atom is 0.161 e. The van der Waals surface area contributed by atoms with Crippen molar-refractivity contribution >= 4 is 37.4 Å². The molecule has 1 aliphatic heterocycles. The molecule has 0 atom stereocenters. The average molecular weight is 337 g/mol. The van der Waals surface area contributed by atoms with Crippen molar-refractivity contribution in [1.82, 2.24) is 0 Å². The van der Waals surface area contributed by atoms with E-state index in [2.05, 4.69) is 4.08 Å². The molecule has 0 fully saturated rings. The van der Waals surface area contributed by atoms with Crippen LogP contribution in [0.5, 0.6) is 11.5 Å². The van der Waals surface area contributed by atoms with Gasteiger partial charge >= 0.3 is 0 Å². The minimum absolute atomic E-state index is 0.0945. The lowest BCUT2D eigenvalue weighted by atomic mass is 10.2. The molecule has 0 aliphatic carbocycles. The van der Waals surface area contributed by atoms with E-state index in [1.807, 2.05) is 18.2 Å². The van der Waals surface area contributed by atoms with E-state index < -0.39 is 0 Å². The summed E-state index contributed by atoms with van der Waals surface area (Å²) in [7, 11) is 3.28. The van der Waals surface area contributed by atoms with Crippen LogP contribution in [0.2, 0.25) is 0 Å². The lowest BCUT2D eigenvalue weighted by molar-refractivity contribution is 0.354. The monoisotopic (exact) mass is 336 g/mol. The summed E-state index contributed by atoms with van der Waals surface area (Å²) < 4.78 is 13.9. The number of benzene rings is 1. The van der Waals surface area contributed by atoms with Crippen LogP contribution in [0.15, 0.2) is 22.3 Å². The van der Waals surface area contributed by atoms with Crippen LogP contribution < -0.4 is 14.7 Å². The molecule has 80 valence electrons. The maximum atomic E-state index is 6.12. The molecule has 2 nitrogen and oxygen atoms in total. The SMILES string of the molecule is COc1cc2c(cc1OC)=C(Cl)C=CI=2. The van der Waals surface area contributed by atoms with Crippen molar-refractivity contribution in [3.8, 4) is 11.5 Å². The van der Waals surface area contributed by atoms with Gasteiger partial charge in [-0.3, -0.25) is 0 Å². The maximum absolute atomic E-state index is 6.12. The standard InChI is InChI=1S/C11H10ClIO2/c1-14-10-5-7-8(12)3-4-13-9(7)6-11(10)15-2/h3-6H,1-2H3. The predicted octanol–water partition coefficient (Wildman–Crippen LogP) is 2.80. The predicted molar refractivity (Wildman–Crippen MR) is 70.4 cm³/mol. The fourth-order valence-corrected chi connectivity index (χ4v) is 4.13. The summed E-state index contributed by atoms with van der Waals surface area (Å²) in [5, 5.41) is 1.85. The first-order chi connectivity index (χ1) is 7.26. The van der Waals surface area contributed by atoms with Crippen LogP contribution in [0.3, 0.4) is 0 Å². The molecule has 0 saturated carbocycles. The van der Waals surface area contributed by atoms with E-state index in [0.717, 1.165) is 21.7 Å². The largest absolute Gasteiger partial charge is 0.493 e. The quantitative estimate of drug-likeness (QED) is 0.773. The van der Waals surface area contributed by atoms with Crippen molar-refractivity contribution in [2.75, 3.05) is 14.2 Å². The molecule has 0 unspecified atom stereocenters. The summed E-state index contributed by atoms with van der Waals surface area (Å²) >= 11 is 6.03. The van der Waals surface area contributed by atoms with Crippen LogP contribution in [0.25, 0.3) is 5.03 Å². The van der Waals surface area contributed by atoms with Crippen LogP contribution in [0.4, 0.5) is 0 Å².